The van der Waals surface area contributed by atoms with Gasteiger partial charge in [0.2, 0.25) is 0 Å². The van der Waals surface area contributed by atoms with Gasteiger partial charge in [-0.05, 0) is 52.3 Å². The van der Waals surface area contributed by atoms with Gasteiger partial charge < -0.3 is 5.32 Å². The van der Waals surface area contributed by atoms with Gasteiger partial charge in [0.05, 0.1) is 6.04 Å². The maximum atomic E-state index is 3.63. The largest absolute Gasteiger partial charge is 0.378 e. The molecule has 0 radical (unpaired) electrons. The summed E-state index contributed by atoms with van der Waals surface area (Å²) in [6.45, 7) is 4.50. The number of benzene rings is 2. The van der Waals surface area contributed by atoms with Crippen molar-refractivity contribution in [3.8, 4) is 0 Å². The van der Waals surface area contributed by atoms with Crippen molar-refractivity contribution in [2.45, 2.75) is 19.9 Å². The van der Waals surface area contributed by atoms with Crippen molar-refractivity contribution in [3.05, 3.63) is 63.7 Å². The molecular weight excluding hydrogens is 333 g/mol. The predicted octanol–water partition coefficient (Wildman–Crippen LogP) is 5.10. The predicted molar refractivity (Wildman–Crippen MR) is 86.8 cm³/mol. The average molecular weight is 351 g/mol. The standard InChI is InChI=1S/C16H18IN/c1-12(2)16(13-7-4-3-5-8-13)18-15-10-6-9-14(17)11-15/h3-12,16,18H,1-2H3. The van der Waals surface area contributed by atoms with Crippen molar-refractivity contribution in [3.63, 3.8) is 0 Å². The van der Waals surface area contributed by atoms with E-state index in [1.165, 1.54) is 14.8 Å². The highest BCUT2D eigenvalue weighted by atomic mass is 127. The van der Waals surface area contributed by atoms with Crippen LogP contribution in [0.5, 0.6) is 0 Å². The van der Waals surface area contributed by atoms with Gasteiger partial charge >= 0.3 is 0 Å². The van der Waals surface area contributed by atoms with Crippen molar-refractivity contribution in [2.75, 3.05) is 5.32 Å². The van der Waals surface area contributed by atoms with Crippen LogP contribution in [0.2, 0.25) is 0 Å². The van der Waals surface area contributed by atoms with E-state index in [-0.39, 0.29) is 0 Å². The summed E-state index contributed by atoms with van der Waals surface area (Å²) in [5.41, 5.74) is 2.52. The van der Waals surface area contributed by atoms with Gasteiger partial charge in [-0.2, -0.15) is 0 Å². The van der Waals surface area contributed by atoms with Crippen LogP contribution < -0.4 is 5.32 Å². The Hall–Kier alpha value is -1.03. The molecule has 2 aromatic rings. The zero-order valence-electron chi connectivity index (χ0n) is 10.7. The van der Waals surface area contributed by atoms with Crippen molar-refractivity contribution in [1.82, 2.24) is 0 Å². The highest BCUT2D eigenvalue weighted by molar-refractivity contribution is 14.1. The third kappa shape index (κ3) is 3.48. The summed E-state index contributed by atoms with van der Waals surface area (Å²) in [6, 6.07) is 19.5. The molecule has 0 saturated carbocycles. The Balaban J connectivity index is 2.22. The molecule has 1 N–H and O–H groups in total. The molecule has 0 aliphatic heterocycles. The maximum Gasteiger partial charge on any atom is 0.0536 e. The Morgan fingerprint density at radius 3 is 2.28 bits per heavy atom. The second-order valence-electron chi connectivity index (χ2n) is 4.79. The lowest BCUT2D eigenvalue weighted by Gasteiger charge is -2.24. The van der Waals surface area contributed by atoms with Crippen LogP contribution in [-0.2, 0) is 0 Å². The fourth-order valence-electron chi connectivity index (χ4n) is 2.05. The summed E-state index contributed by atoms with van der Waals surface area (Å²) < 4.78 is 1.26. The summed E-state index contributed by atoms with van der Waals surface area (Å²) in [7, 11) is 0. The summed E-state index contributed by atoms with van der Waals surface area (Å²) in [5.74, 6) is 0.547. The average Bonchev–Trinajstić information content (AvgIpc) is 2.37. The van der Waals surface area contributed by atoms with Crippen LogP contribution in [0.25, 0.3) is 0 Å². The van der Waals surface area contributed by atoms with Crippen LogP contribution in [0.3, 0.4) is 0 Å². The second kappa shape index (κ2) is 6.23. The first-order chi connectivity index (χ1) is 8.66. The molecule has 1 atom stereocenters. The fourth-order valence-corrected chi connectivity index (χ4v) is 2.60. The smallest absolute Gasteiger partial charge is 0.0536 e. The number of hydrogen-bond donors (Lipinski definition) is 1. The van der Waals surface area contributed by atoms with Gasteiger partial charge in [0.15, 0.2) is 0 Å². The van der Waals surface area contributed by atoms with Crippen LogP contribution in [0.4, 0.5) is 5.69 Å². The van der Waals surface area contributed by atoms with Crippen LogP contribution in [0.1, 0.15) is 25.5 Å². The minimum atomic E-state index is 0.351. The van der Waals surface area contributed by atoms with E-state index < -0.39 is 0 Å². The van der Waals surface area contributed by atoms with Crippen molar-refractivity contribution < 1.29 is 0 Å². The zero-order valence-corrected chi connectivity index (χ0v) is 12.9. The lowest BCUT2D eigenvalue weighted by molar-refractivity contribution is 0.546. The molecule has 0 fully saturated rings. The molecule has 0 aromatic heterocycles. The third-order valence-electron chi connectivity index (χ3n) is 2.97. The number of nitrogens with one attached hydrogen (secondary N) is 1. The Bertz CT molecular complexity index is 493. The number of anilines is 1. The normalized spacial score (nSPS) is 12.4. The van der Waals surface area contributed by atoms with E-state index in [0.29, 0.717) is 12.0 Å². The zero-order chi connectivity index (χ0) is 13.0. The number of hydrogen-bond acceptors (Lipinski definition) is 1. The molecule has 0 amide bonds. The summed E-state index contributed by atoms with van der Waals surface area (Å²) in [4.78, 5) is 0. The molecular formula is C16H18IN. The van der Waals surface area contributed by atoms with Crippen LogP contribution >= 0.6 is 22.6 Å². The van der Waals surface area contributed by atoms with E-state index in [1.807, 2.05) is 0 Å². The topological polar surface area (TPSA) is 12.0 Å². The minimum Gasteiger partial charge on any atom is -0.378 e. The SMILES string of the molecule is CC(C)C(Nc1cccc(I)c1)c1ccccc1. The molecule has 0 spiro atoms. The monoisotopic (exact) mass is 351 g/mol. The Morgan fingerprint density at radius 2 is 1.67 bits per heavy atom. The van der Waals surface area contributed by atoms with E-state index >= 15 is 0 Å². The van der Waals surface area contributed by atoms with E-state index in [4.69, 9.17) is 0 Å². The van der Waals surface area contributed by atoms with Gasteiger partial charge in [0.1, 0.15) is 0 Å². The molecule has 2 aromatic carbocycles. The molecule has 94 valence electrons. The summed E-state index contributed by atoms with van der Waals surface area (Å²) in [5, 5.41) is 3.63. The first-order valence-corrected chi connectivity index (χ1v) is 7.32. The van der Waals surface area contributed by atoms with E-state index in [0.717, 1.165) is 0 Å². The van der Waals surface area contributed by atoms with Crippen molar-refractivity contribution in [1.29, 1.82) is 0 Å². The van der Waals surface area contributed by atoms with Gasteiger partial charge in [0, 0.05) is 9.26 Å². The Morgan fingerprint density at radius 1 is 0.944 bits per heavy atom. The van der Waals surface area contributed by atoms with Gasteiger partial charge in [-0.1, -0.05) is 50.2 Å². The first-order valence-electron chi connectivity index (χ1n) is 6.24. The van der Waals surface area contributed by atoms with Gasteiger partial charge in [-0.25, -0.2) is 0 Å². The lowest BCUT2D eigenvalue weighted by atomic mass is 9.96. The molecule has 1 unspecified atom stereocenters. The third-order valence-corrected chi connectivity index (χ3v) is 3.64. The van der Waals surface area contributed by atoms with E-state index in [1.54, 1.807) is 0 Å². The van der Waals surface area contributed by atoms with Crippen molar-refractivity contribution in [2.24, 2.45) is 5.92 Å². The molecule has 0 saturated heterocycles. The Labute approximate surface area is 123 Å². The fraction of sp³-hybridized carbons (Fsp3) is 0.250. The molecule has 0 aliphatic carbocycles. The van der Waals surface area contributed by atoms with Gasteiger partial charge in [0.25, 0.3) is 0 Å². The first kappa shape index (κ1) is 13.4. The molecule has 1 nitrogen and oxygen atoms in total. The molecule has 18 heavy (non-hydrogen) atoms. The maximum absolute atomic E-state index is 3.63. The van der Waals surface area contributed by atoms with Crippen LogP contribution in [0, 0.1) is 9.49 Å². The summed E-state index contributed by atoms with van der Waals surface area (Å²) in [6.07, 6.45) is 0. The quantitative estimate of drug-likeness (QED) is 0.756. The highest BCUT2D eigenvalue weighted by Crippen LogP contribution is 2.26. The van der Waals surface area contributed by atoms with E-state index in [2.05, 4.69) is 96.4 Å². The molecule has 2 rings (SSSR count). The number of halogens is 1. The van der Waals surface area contributed by atoms with Gasteiger partial charge in [-0.3, -0.25) is 0 Å². The molecule has 0 aliphatic rings. The Kier molecular flexibility index (Phi) is 4.64. The second-order valence-corrected chi connectivity index (χ2v) is 6.03. The van der Waals surface area contributed by atoms with E-state index in [9.17, 15) is 0 Å². The minimum absolute atomic E-state index is 0.351. The highest BCUT2D eigenvalue weighted by Gasteiger charge is 2.15. The lowest BCUT2D eigenvalue weighted by Crippen LogP contribution is -2.16. The number of rotatable bonds is 4. The van der Waals surface area contributed by atoms with Crippen LogP contribution in [-0.4, -0.2) is 0 Å². The molecule has 2 heteroatoms. The van der Waals surface area contributed by atoms with Crippen molar-refractivity contribution >= 4 is 28.3 Å². The van der Waals surface area contributed by atoms with Crippen LogP contribution in [0.15, 0.2) is 54.6 Å². The summed E-state index contributed by atoms with van der Waals surface area (Å²) >= 11 is 2.34. The van der Waals surface area contributed by atoms with Gasteiger partial charge in [-0.15, -0.1) is 0 Å². The molecule has 0 bridgehead atoms. The molecule has 0 heterocycles.